The number of amides is 3. The molecule has 1 aromatic carbocycles. The molecule has 0 bridgehead atoms. The van der Waals surface area contributed by atoms with Gasteiger partial charge in [-0.3, -0.25) is 4.79 Å². The second-order valence-electron chi connectivity index (χ2n) is 6.94. The highest BCUT2D eigenvalue weighted by Gasteiger charge is 2.23. The van der Waals surface area contributed by atoms with Crippen LogP contribution in [0.2, 0.25) is 0 Å². The van der Waals surface area contributed by atoms with Gasteiger partial charge < -0.3 is 30.2 Å². The SMILES string of the molecule is COC(=O)C(CNC(=O)CNC(=O)OC(C)(C)C)NC(=O)OCc1ccccc1. The molecule has 0 aliphatic carbocycles. The number of nitrogens with one attached hydrogen (secondary N) is 3. The van der Waals surface area contributed by atoms with Crippen molar-refractivity contribution in [3.05, 3.63) is 35.9 Å². The molecule has 29 heavy (non-hydrogen) atoms. The first-order chi connectivity index (χ1) is 13.6. The minimum atomic E-state index is -1.16. The van der Waals surface area contributed by atoms with Crippen LogP contribution in [0.3, 0.4) is 0 Å². The van der Waals surface area contributed by atoms with Crippen molar-refractivity contribution in [2.24, 2.45) is 0 Å². The van der Waals surface area contributed by atoms with Crippen molar-refractivity contribution >= 4 is 24.1 Å². The van der Waals surface area contributed by atoms with E-state index < -0.39 is 35.7 Å². The number of rotatable bonds is 8. The summed E-state index contributed by atoms with van der Waals surface area (Å²) in [6.45, 7) is 4.48. The zero-order valence-electron chi connectivity index (χ0n) is 16.9. The summed E-state index contributed by atoms with van der Waals surface area (Å²) in [6.07, 6.45) is -1.59. The van der Waals surface area contributed by atoms with Gasteiger partial charge in [0.25, 0.3) is 0 Å². The zero-order valence-corrected chi connectivity index (χ0v) is 16.9. The fraction of sp³-hybridized carbons (Fsp3) is 0.474. The quantitative estimate of drug-likeness (QED) is 0.433. The molecule has 3 N–H and O–H groups in total. The molecule has 1 unspecified atom stereocenters. The highest BCUT2D eigenvalue weighted by atomic mass is 16.6. The van der Waals surface area contributed by atoms with Gasteiger partial charge in [0.05, 0.1) is 13.7 Å². The molecule has 1 aromatic rings. The van der Waals surface area contributed by atoms with Crippen molar-refractivity contribution in [2.45, 2.75) is 39.0 Å². The number of carbonyl (C=O) groups is 4. The average molecular weight is 409 g/mol. The molecule has 0 aliphatic rings. The molecular formula is C19H27N3O7. The number of carbonyl (C=O) groups excluding carboxylic acids is 4. The summed E-state index contributed by atoms with van der Waals surface area (Å²) in [5, 5.41) is 7.03. The summed E-state index contributed by atoms with van der Waals surface area (Å²) in [5.74, 6) is -1.34. The molecule has 10 nitrogen and oxygen atoms in total. The first-order valence-corrected chi connectivity index (χ1v) is 8.89. The maximum Gasteiger partial charge on any atom is 0.408 e. The first kappa shape index (κ1) is 23.7. The van der Waals surface area contributed by atoms with Crippen molar-refractivity contribution in [1.29, 1.82) is 0 Å². The Morgan fingerprint density at radius 1 is 1.00 bits per heavy atom. The molecule has 0 aliphatic heterocycles. The van der Waals surface area contributed by atoms with E-state index in [0.717, 1.165) is 12.7 Å². The Bertz CT molecular complexity index is 702. The maximum absolute atomic E-state index is 11.9. The molecule has 160 valence electrons. The Morgan fingerprint density at radius 2 is 1.66 bits per heavy atom. The highest BCUT2D eigenvalue weighted by Crippen LogP contribution is 2.06. The molecule has 0 saturated carbocycles. The lowest BCUT2D eigenvalue weighted by atomic mass is 10.2. The van der Waals surface area contributed by atoms with E-state index in [1.54, 1.807) is 45.0 Å². The van der Waals surface area contributed by atoms with E-state index in [4.69, 9.17) is 9.47 Å². The minimum absolute atomic E-state index is 0.0206. The van der Waals surface area contributed by atoms with Gasteiger partial charge in [-0.15, -0.1) is 0 Å². The van der Waals surface area contributed by atoms with Gasteiger partial charge in [-0.1, -0.05) is 30.3 Å². The van der Waals surface area contributed by atoms with Gasteiger partial charge >= 0.3 is 18.2 Å². The summed E-state index contributed by atoms with van der Waals surface area (Å²) in [4.78, 5) is 47.1. The second kappa shape index (κ2) is 11.5. The lowest BCUT2D eigenvalue weighted by Crippen LogP contribution is -2.50. The van der Waals surface area contributed by atoms with Crippen LogP contribution in [0.25, 0.3) is 0 Å². The molecule has 0 saturated heterocycles. The molecule has 10 heteroatoms. The van der Waals surface area contributed by atoms with Crippen LogP contribution in [0.5, 0.6) is 0 Å². The summed E-state index contributed by atoms with van der Waals surface area (Å²) in [7, 11) is 1.15. The van der Waals surface area contributed by atoms with Crippen molar-refractivity contribution in [3.8, 4) is 0 Å². The van der Waals surface area contributed by atoms with Crippen LogP contribution in [0.4, 0.5) is 9.59 Å². The Balaban J connectivity index is 2.44. The molecule has 0 aromatic heterocycles. The molecule has 1 rings (SSSR count). The predicted octanol–water partition coefficient (Wildman–Crippen LogP) is 1.10. The van der Waals surface area contributed by atoms with Crippen molar-refractivity contribution in [2.75, 3.05) is 20.2 Å². The first-order valence-electron chi connectivity index (χ1n) is 8.89. The van der Waals surface area contributed by atoms with E-state index >= 15 is 0 Å². The second-order valence-corrected chi connectivity index (χ2v) is 6.94. The van der Waals surface area contributed by atoms with Crippen molar-refractivity contribution < 1.29 is 33.4 Å². The van der Waals surface area contributed by atoms with E-state index in [1.807, 2.05) is 6.07 Å². The topological polar surface area (TPSA) is 132 Å². The normalized spacial score (nSPS) is 11.6. The maximum atomic E-state index is 11.9. The Hall–Kier alpha value is -3.30. The van der Waals surface area contributed by atoms with Crippen LogP contribution in [-0.2, 0) is 30.4 Å². The van der Waals surface area contributed by atoms with Gasteiger partial charge in [0.15, 0.2) is 0 Å². The van der Waals surface area contributed by atoms with Gasteiger partial charge in [0.1, 0.15) is 18.2 Å². The monoisotopic (exact) mass is 409 g/mol. The number of methoxy groups -OCH3 is 1. The average Bonchev–Trinajstić information content (AvgIpc) is 2.66. The zero-order chi connectivity index (χ0) is 21.9. The van der Waals surface area contributed by atoms with E-state index in [9.17, 15) is 19.2 Å². The summed E-state index contributed by atoms with van der Waals surface area (Å²) < 4.78 is 14.7. The van der Waals surface area contributed by atoms with Crippen LogP contribution in [-0.4, -0.2) is 55.9 Å². The molecule has 0 spiro atoms. The van der Waals surface area contributed by atoms with E-state index in [2.05, 4.69) is 20.7 Å². The molecule has 0 radical (unpaired) electrons. The van der Waals surface area contributed by atoms with E-state index in [0.29, 0.717) is 0 Å². The number of benzene rings is 1. The fourth-order valence-corrected chi connectivity index (χ4v) is 1.99. The van der Waals surface area contributed by atoms with Gasteiger partial charge in [0.2, 0.25) is 5.91 Å². The molecule has 0 heterocycles. The number of hydrogen-bond donors (Lipinski definition) is 3. The third kappa shape index (κ3) is 10.6. The summed E-state index contributed by atoms with van der Waals surface area (Å²) >= 11 is 0. The molecule has 1 atom stereocenters. The van der Waals surface area contributed by atoms with Gasteiger partial charge in [-0.2, -0.15) is 0 Å². The Kier molecular flexibility index (Phi) is 9.43. The van der Waals surface area contributed by atoms with Crippen LogP contribution >= 0.6 is 0 Å². The minimum Gasteiger partial charge on any atom is -0.467 e. The fourth-order valence-electron chi connectivity index (χ4n) is 1.99. The molecular weight excluding hydrogens is 382 g/mol. The Labute approximate surface area is 169 Å². The summed E-state index contributed by atoms with van der Waals surface area (Å²) in [6, 6.07) is 7.83. The Morgan fingerprint density at radius 3 is 2.24 bits per heavy atom. The van der Waals surface area contributed by atoms with Crippen LogP contribution in [0.1, 0.15) is 26.3 Å². The lowest BCUT2D eigenvalue weighted by Gasteiger charge is -2.20. The molecule has 0 fully saturated rings. The van der Waals surface area contributed by atoms with Crippen molar-refractivity contribution in [1.82, 2.24) is 16.0 Å². The van der Waals surface area contributed by atoms with E-state index in [-0.39, 0.29) is 19.7 Å². The van der Waals surface area contributed by atoms with Crippen molar-refractivity contribution in [3.63, 3.8) is 0 Å². The predicted molar refractivity (Wildman–Crippen MR) is 103 cm³/mol. The van der Waals surface area contributed by atoms with Gasteiger partial charge in [-0.25, -0.2) is 14.4 Å². The molecule has 3 amide bonds. The number of esters is 1. The number of ether oxygens (including phenoxy) is 3. The number of alkyl carbamates (subject to hydrolysis) is 2. The number of hydrogen-bond acceptors (Lipinski definition) is 7. The third-order valence-corrected chi connectivity index (χ3v) is 3.29. The third-order valence-electron chi connectivity index (χ3n) is 3.29. The standard InChI is InChI=1S/C19H27N3O7/c1-19(2,3)29-17(25)21-11-15(23)20-10-14(16(24)27-4)22-18(26)28-12-13-8-6-5-7-9-13/h5-9,14H,10-12H2,1-4H3,(H,20,23)(H,21,25)(H,22,26). The smallest absolute Gasteiger partial charge is 0.408 e. The largest absolute Gasteiger partial charge is 0.467 e. The lowest BCUT2D eigenvalue weighted by molar-refractivity contribution is -0.143. The van der Waals surface area contributed by atoms with Gasteiger partial charge in [0, 0.05) is 6.54 Å². The van der Waals surface area contributed by atoms with E-state index in [1.165, 1.54) is 0 Å². The van der Waals surface area contributed by atoms with Crippen LogP contribution < -0.4 is 16.0 Å². The van der Waals surface area contributed by atoms with Gasteiger partial charge in [-0.05, 0) is 26.3 Å². The van der Waals surface area contributed by atoms with Crippen LogP contribution in [0, 0.1) is 0 Å². The highest BCUT2D eigenvalue weighted by molar-refractivity contribution is 5.84. The summed E-state index contributed by atoms with van der Waals surface area (Å²) in [5.41, 5.74) is 0.0828. The van der Waals surface area contributed by atoms with Crippen LogP contribution in [0.15, 0.2) is 30.3 Å².